The fourth-order valence-corrected chi connectivity index (χ4v) is 1.10. The predicted octanol–water partition coefficient (Wildman–Crippen LogP) is 1.98. The van der Waals surface area contributed by atoms with Crippen molar-refractivity contribution in [1.29, 1.82) is 0 Å². The lowest BCUT2D eigenvalue weighted by Gasteiger charge is -2.03. The number of hydrogen-bond acceptors (Lipinski definition) is 4. The van der Waals surface area contributed by atoms with Gasteiger partial charge < -0.3 is 9.94 Å². The average molecular weight is 219 g/mol. The first kappa shape index (κ1) is 12.0. The summed E-state index contributed by atoms with van der Waals surface area (Å²) in [5, 5.41) is 11.7. The highest BCUT2D eigenvalue weighted by Gasteiger charge is 2.15. The van der Waals surface area contributed by atoms with Gasteiger partial charge in [-0.25, -0.2) is 4.79 Å². The molecule has 0 saturated heterocycles. The van der Waals surface area contributed by atoms with Crippen molar-refractivity contribution >= 4 is 11.7 Å². The van der Waals surface area contributed by atoms with Crippen LogP contribution in [0.4, 0.5) is 0 Å². The van der Waals surface area contributed by atoms with Crippen LogP contribution in [0.15, 0.2) is 47.6 Å². The Morgan fingerprint density at radius 1 is 1.44 bits per heavy atom. The minimum absolute atomic E-state index is 0.0925. The van der Waals surface area contributed by atoms with E-state index in [-0.39, 0.29) is 12.3 Å². The number of nitrogens with zero attached hydrogens (tertiary/aromatic N) is 1. The third-order valence-corrected chi connectivity index (χ3v) is 1.89. The molecule has 0 heterocycles. The summed E-state index contributed by atoms with van der Waals surface area (Å²) in [6.07, 6.45) is 3.46. The van der Waals surface area contributed by atoms with Gasteiger partial charge in [-0.2, -0.15) is 0 Å². The van der Waals surface area contributed by atoms with Gasteiger partial charge in [0.15, 0.2) is 5.71 Å². The summed E-state index contributed by atoms with van der Waals surface area (Å²) in [5.74, 6) is -0.646. The fraction of sp³-hybridized carbons (Fsp3) is 0.167. The van der Waals surface area contributed by atoms with E-state index < -0.39 is 5.97 Å². The van der Waals surface area contributed by atoms with Crippen LogP contribution >= 0.6 is 0 Å². The number of allylic oxidation sites excluding steroid dienone is 1. The van der Waals surface area contributed by atoms with Crippen molar-refractivity contribution in [1.82, 2.24) is 0 Å². The zero-order chi connectivity index (χ0) is 11.8. The van der Waals surface area contributed by atoms with Gasteiger partial charge >= 0.3 is 5.97 Å². The van der Waals surface area contributed by atoms with E-state index in [4.69, 9.17) is 9.94 Å². The quantitative estimate of drug-likeness (QED) is 0.277. The van der Waals surface area contributed by atoms with Gasteiger partial charge in [0.1, 0.15) is 6.61 Å². The molecule has 0 aromatic heterocycles. The zero-order valence-electron chi connectivity index (χ0n) is 8.96. The van der Waals surface area contributed by atoms with Crippen molar-refractivity contribution in [2.75, 3.05) is 6.61 Å². The fourth-order valence-electron chi connectivity index (χ4n) is 1.10. The maximum absolute atomic E-state index is 11.5. The minimum Gasteiger partial charge on any atom is -0.457 e. The Hall–Kier alpha value is -2.10. The number of benzene rings is 1. The molecule has 1 N–H and O–H groups in total. The van der Waals surface area contributed by atoms with Crippen LogP contribution in [0.1, 0.15) is 12.5 Å². The van der Waals surface area contributed by atoms with Crippen molar-refractivity contribution < 1.29 is 14.7 Å². The molecule has 0 amide bonds. The van der Waals surface area contributed by atoms with Crippen molar-refractivity contribution in [3.05, 3.63) is 48.0 Å². The molecule has 0 aliphatic rings. The number of hydrogen-bond donors (Lipinski definition) is 1. The second-order valence-corrected chi connectivity index (χ2v) is 2.98. The Kier molecular flexibility index (Phi) is 4.79. The molecule has 4 heteroatoms. The molecule has 0 saturated carbocycles. The standard InChI is InChI=1S/C12H13NO3/c1-2-3-9-16-12(14)11(13-15)10-7-5-4-6-8-10/h2-8,15H,9H2,1H3/b3-2+,13-11+. The van der Waals surface area contributed by atoms with Crippen LogP contribution in [0.3, 0.4) is 0 Å². The lowest BCUT2D eigenvalue weighted by Crippen LogP contribution is -2.18. The predicted molar refractivity (Wildman–Crippen MR) is 60.5 cm³/mol. The van der Waals surface area contributed by atoms with Gasteiger partial charge in [-0.1, -0.05) is 47.6 Å². The third-order valence-electron chi connectivity index (χ3n) is 1.89. The first-order valence-corrected chi connectivity index (χ1v) is 4.85. The van der Waals surface area contributed by atoms with Crippen LogP contribution in [-0.2, 0) is 9.53 Å². The number of rotatable bonds is 4. The van der Waals surface area contributed by atoms with E-state index in [1.54, 1.807) is 36.4 Å². The van der Waals surface area contributed by atoms with Gasteiger partial charge in [-0.15, -0.1) is 0 Å². The van der Waals surface area contributed by atoms with Crippen molar-refractivity contribution in [2.45, 2.75) is 6.92 Å². The molecule has 84 valence electrons. The van der Waals surface area contributed by atoms with Gasteiger partial charge in [0.25, 0.3) is 0 Å². The van der Waals surface area contributed by atoms with E-state index in [1.165, 1.54) is 0 Å². The van der Waals surface area contributed by atoms with Crippen LogP contribution in [0.5, 0.6) is 0 Å². The molecule has 0 atom stereocenters. The molecule has 1 rings (SSSR count). The molecule has 0 radical (unpaired) electrons. The summed E-state index contributed by atoms with van der Waals surface area (Å²) >= 11 is 0. The van der Waals surface area contributed by atoms with Gasteiger partial charge in [0, 0.05) is 5.56 Å². The largest absolute Gasteiger partial charge is 0.457 e. The van der Waals surface area contributed by atoms with E-state index in [2.05, 4.69) is 5.16 Å². The molecule has 0 fully saturated rings. The number of carbonyl (C=O) groups excluding carboxylic acids is 1. The summed E-state index contributed by atoms with van der Waals surface area (Å²) in [4.78, 5) is 11.5. The monoisotopic (exact) mass is 219 g/mol. The Morgan fingerprint density at radius 2 is 2.12 bits per heavy atom. The lowest BCUT2D eigenvalue weighted by molar-refractivity contribution is -0.134. The molecular weight excluding hydrogens is 206 g/mol. The van der Waals surface area contributed by atoms with Crippen LogP contribution in [0.25, 0.3) is 0 Å². The number of ether oxygens (including phenoxy) is 1. The molecule has 16 heavy (non-hydrogen) atoms. The topological polar surface area (TPSA) is 58.9 Å². The van der Waals surface area contributed by atoms with E-state index in [1.807, 2.05) is 13.0 Å². The highest BCUT2D eigenvalue weighted by molar-refractivity contribution is 6.43. The van der Waals surface area contributed by atoms with E-state index in [9.17, 15) is 4.79 Å². The highest BCUT2D eigenvalue weighted by Crippen LogP contribution is 2.02. The highest BCUT2D eigenvalue weighted by atomic mass is 16.5. The minimum atomic E-state index is -0.646. The number of carbonyl (C=O) groups is 1. The molecule has 1 aromatic rings. The normalized spacial score (nSPS) is 11.7. The Labute approximate surface area is 93.9 Å². The van der Waals surface area contributed by atoms with Crippen molar-refractivity contribution in [3.63, 3.8) is 0 Å². The summed E-state index contributed by atoms with van der Waals surface area (Å²) < 4.78 is 4.87. The van der Waals surface area contributed by atoms with Crippen LogP contribution in [-0.4, -0.2) is 23.5 Å². The summed E-state index contributed by atoms with van der Waals surface area (Å²) in [5.41, 5.74) is 0.431. The maximum Gasteiger partial charge on any atom is 0.361 e. The first-order valence-electron chi connectivity index (χ1n) is 4.85. The molecule has 1 aromatic carbocycles. The molecule has 0 bridgehead atoms. The van der Waals surface area contributed by atoms with Crippen molar-refractivity contribution in [2.24, 2.45) is 5.16 Å². The summed E-state index contributed by atoms with van der Waals surface area (Å²) in [6, 6.07) is 8.65. The molecule has 0 unspecified atom stereocenters. The third kappa shape index (κ3) is 3.24. The van der Waals surface area contributed by atoms with Gasteiger partial charge in [-0.05, 0) is 6.92 Å². The first-order chi connectivity index (χ1) is 7.79. The van der Waals surface area contributed by atoms with Crippen LogP contribution < -0.4 is 0 Å². The number of oxime groups is 1. The lowest BCUT2D eigenvalue weighted by atomic mass is 10.1. The van der Waals surface area contributed by atoms with E-state index in [0.717, 1.165) is 0 Å². The average Bonchev–Trinajstić information content (AvgIpc) is 2.32. The van der Waals surface area contributed by atoms with Crippen LogP contribution in [0.2, 0.25) is 0 Å². The van der Waals surface area contributed by atoms with Gasteiger partial charge in [-0.3, -0.25) is 0 Å². The molecule has 0 spiro atoms. The molecule has 4 nitrogen and oxygen atoms in total. The summed E-state index contributed by atoms with van der Waals surface area (Å²) in [6.45, 7) is 1.99. The Balaban J connectivity index is 2.73. The maximum atomic E-state index is 11.5. The van der Waals surface area contributed by atoms with Gasteiger partial charge in [0.05, 0.1) is 0 Å². The van der Waals surface area contributed by atoms with Crippen LogP contribution in [0, 0.1) is 0 Å². The van der Waals surface area contributed by atoms with Gasteiger partial charge in [0.2, 0.25) is 0 Å². The number of esters is 1. The zero-order valence-corrected chi connectivity index (χ0v) is 8.96. The van der Waals surface area contributed by atoms with E-state index in [0.29, 0.717) is 5.56 Å². The molecule has 0 aliphatic carbocycles. The van der Waals surface area contributed by atoms with Crippen molar-refractivity contribution in [3.8, 4) is 0 Å². The second-order valence-electron chi connectivity index (χ2n) is 2.98. The molecule has 0 aliphatic heterocycles. The SMILES string of the molecule is C/C=C/COC(=O)/C(=N/O)c1ccccc1. The Bertz CT molecular complexity index is 396. The smallest absolute Gasteiger partial charge is 0.361 e. The summed E-state index contributed by atoms with van der Waals surface area (Å²) in [7, 11) is 0. The van der Waals surface area contributed by atoms with E-state index >= 15 is 0 Å². The molecular formula is C12H13NO3. The Morgan fingerprint density at radius 3 is 2.69 bits per heavy atom. The second kappa shape index (κ2) is 6.40.